The van der Waals surface area contributed by atoms with Crippen LogP contribution in [0.4, 0.5) is 10.5 Å². The van der Waals surface area contributed by atoms with Crippen molar-refractivity contribution in [3.8, 4) is 11.5 Å². The second-order valence-electron chi connectivity index (χ2n) is 11.7. The number of ether oxygens (including phenoxy) is 3. The maximum Gasteiger partial charge on any atom is 0.405 e. The van der Waals surface area contributed by atoms with Gasteiger partial charge in [-0.05, 0) is 62.4 Å². The number of fused-ring (bicyclic) bond motifs is 5. The summed E-state index contributed by atoms with van der Waals surface area (Å²) in [6, 6.07) is 6.93. The highest BCUT2D eigenvalue weighted by Gasteiger charge is 2.30. The topological polar surface area (TPSA) is 163 Å². The average Bonchev–Trinajstić information content (AvgIpc) is 3.01. The Hall–Kier alpha value is -3.84. The van der Waals surface area contributed by atoms with E-state index in [4.69, 9.17) is 29.3 Å². The molecular weight excluding hydrogens is 658 g/mol. The Morgan fingerprint density at radius 1 is 1.15 bits per heavy atom. The quantitative estimate of drug-likeness (QED) is 0.236. The summed E-state index contributed by atoms with van der Waals surface area (Å²) in [5, 5.41) is 14.1. The fraction of sp³-hybridized carbons (Fsp3) is 0.412. The predicted octanol–water partition coefficient (Wildman–Crippen LogP) is 5.52. The van der Waals surface area contributed by atoms with Gasteiger partial charge in [-0.1, -0.05) is 54.1 Å². The Labute approximate surface area is 276 Å². The Bertz CT molecular complexity index is 1710. The van der Waals surface area contributed by atoms with Gasteiger partial charge in [0.25, 0.3) is 5.91 Å². The zero-order chi connectivity index (χ0) is 33.7. The number of nitrogens with zero attached hydrogens (tertiary/aromatic N) is 1. The van der Waals surface area contributed by atoms with E-state index < -0.39 is 42.3 Å². The molecule has 0 spiro atoms. The molecule has 0 radical (unpaired) electrons. The van der Waals surface area contributed by atoms with E-state index in [0.29, 0.717) is 45.7 Å². The van der Waals surface area contributed by atoms with Gasteiger partial charge in [0, 0.05) is 35.7 Å². The summed E-state index contributed by atoms with van der Waals surface area (Å²) in [6.07, 6.45) is 3.03. The van der Waals surface area contributed by atoms with Crippen LogP contribution in [0, 0.1) is 11.8 Å². The van der Waals surface area contributed by atoms with E-state index in [-0.39, 0.29) is 23.5 Å². The van der Waals surface area contributed by atoms with E-state index in [1.165, 1.54) is 20.3 Å². The molecule has 11 nitrogen and oxygen atoms in total. The van der Waals surface area contributed by atoms with Crippen LogP contribution in [0.3, 0.4) is 0 Å². The summed E-state index contributed by atoms with van der Waals surface area (Å²) in [4.78, 5) is 43.7. The Morgan fingerprint density at radius 3 is 2.57 bits per heavy atom. The molecule has 6 atom stereocenters. The van der Waals surface area contributed by atoms with Crippen molar-refractivity contribution >= 4 is 44.7 Å². The number of rotatable bonds is 3. The predicted molar refractivity (Wildman–Crippen MR) is 179 cm³/mol. The molecule has 0 fully saturated rings. The van der Waals surface area contributed by atoms with Crippen LogP contribution in [-0.2, 0) is 25.4 Å². The highest BCUT2D eigenvalue weighted by atomic mass is 79.9. The third kappa shape index (κ3) is 8.11. The number of aliphatic hydroxyl groups excluding tert-OH is 1. The number of aliphatic hydroxyl groups is 1. The van der Waals surface area contributed by atoms with Crippen molar-refractivity contribution in [1.82, 2.24) is 4.98 Å². The third-order valence-electron chi connectivity index (χ3n) is 8.13. The number of hydrogen-bond donors (Lipinski definition) is 3. The van der Waals surface area contributed by atoms with E-state index in [9.17, 15) is 19.5 Å². The molecular formula is C34H40BrN3O8. The molecule has 6 unspecified atom stereocenters. The van der Waals surface area contributed by atoms with Crippen LogP contribution < -0.4 is 16.5 Å². The molecule has 2 heterocycles. The summed E-state index contributed by atoms with van der Waals surface area (Å²) in [6.45, 7) is 7.14. The minimum atomic E-state index is -0.987. The smallest absolute Gasteiger partial charge is 0.405 e. The van der Waals surface area contributed by atoms with Gasteiger partial charge < -0.3 is 34.8 Å². The average molecular weight is 699 g/mol. The lowest BCUT2D eigenvalue weighted by molar-refractivity contribution is -0.112. The van der Waals surface area contributed by atoms with Crippen LogP contribution in [0.2, 0.25) is 0 Å². The second-order valence-corrected chi connectivity index (χ2v) is 12.6. The number of aromatic nitrogens is 1. The molecule has 246 valence electrons. The maximum absolute atomic E-state index is 13.9. The first-order valence-electron chi connectivity index (χ1n) is 14.9. The van der Waals surface area contributed by atoms with Crippen LogP contribution >= 0.6 is 15.9 Å². The van der Waals surface area contributed by atoms with Crippen molar-refractivity contribution in [2.24, 2.45) is 17.6 Å². The van der Waals surface area contributed by atoms with Gasteiger partial charge in [-0.2, -0.15) is 0 Å². The van der Waals surface area contributed by atoms with E-state index in [0.717, 1.165) is 4.47 Å². The van der Waals surface area contributed by atoms with Crippen molar-refractivity contribution < 1.29 is 33.3 Å². The highest BCUT2D eigenvalue weighted by molar-refractivity contribution is 9.10. The second kappa shape index (κ2) is 15.2. The largest absolute Gasteiger partial charge is 0.452 e. The zero-order valence-electron chi connectivity index (χ0n) is 26.7. The molecule has 2 amide bonds. The van der Waals surface area contributed by atoms with Gasteiger partial charge in [-0.25, -0.2) is 9.78 Å². The normalized spacial score (nSPS) is 25.2. The van der Waals surface area contributed by atoms with Crippen molar-refractivity contribution in [2.45, 2.75) is 65.0 Å². The lowest BCUT2D eigenvalue weighted by Gasteiger charge is -2.29. The van der Waals surface area contributed by atoms with E-state index >= 15 is 0 Å². The SMILES string of the molecule is COC1C=CC=C(C)C(=O)Nc2cc3nc4cc(Br)ccc4oc-3c(c2=O)CC(C)CC(OC)C(O)C(C)C=C(C)C1OC(N)=O. The molecule has 2 bridgehead atoms. The number of primary amides is 1. The van der Waals surface area contributed by atoms with Gasteiger partial charge in [0.2, 0.25) is 5.43 Å². The van der Waals surface area contributed by atoms with E-state index in [2.05, 4.69) is 21.2 Å². The molecule has 1 aromatic carbocycles. The van der Waals surface area contributed by atoms with Crippen LogP contribution in [-0.4, -0.2) is 60.7 Å². The zero-order valence-corrected chi connectivity index (χ0v) is 28.3. The molecule has 3 aliphatic rings. The van der Waals surface area contributed by atoms with Crippen LogP contribution in [0.25, 0.3) is 22.6 Å². The third-order valence-corrected chi connectivity index (χ3v) is 8.62. The Kier molecular flexibility index (Phi) is 11.5. The van der Waals surface area contributed by atoms with Gasteiger partial charge in [-0.15, -0.1) is 0 Å². The summed E-state index contributed by atoms with van der Waals surface area (Å²) in [5.74, 6) is -0.748. The van der Waals surface area contributed by atoms with Crippen molar-refractivity contribution in [1.29, 1.82) is 0 Å². The number of halogens is 1. The number of hydrogen-bond acceptors (Lipinski definition) is 9. The molecule has 1 aliphatic carbocycles. The molecule has 12 heteroatoms. The van der Waals surface area contributed by atoms with Crippen LogP contribution in [0.1, 0.15) is 39.7 Å². The van der Waals surface area contributed by atoms with Crippen molar-refractivity contribution in [3.63, 3.8) is 0 Å². The number of methoxy groups -OCH3 is 2. The standard InChI is InChI=1S/C34H40BrN3O8/c1-17-12-22-30(40)24(16-25-32(22)45-26-11-10-21(35)15-23(26)37-25)38-33(41)18(2)8-7-9-27(43-5)31(46-34(36)42)20(4)14-19(3)29(39)28(13-17)44-6/h7-11,14-17,19,27-29,31,39H,12-13H2,1-6H3,(H2,36,42)(H,38,41). The van der Waals surface area contributed by atoms with Crippen LogP contribution in [0.15, 0.2) is 73.4 Å². The molecule has 0 saturated carbocycles. The first kappa shape index (κ1) is 35.0. The number of anilines is 1. The van der Waals surface area contributed by atoms with E-state index in [1.807, 2.05) is 26.0 Å². The number of amides is 2. The fourth-order valence-corrected chi connectivity index (χ4v) is 6.02. The maximum atomic E-state index is 13.9. The van der Waals surface area contributed by atoms with Crippen molar-refractivity contribution in [3.05, 3.63) is 80.0 Å². The Morgan fingerprint density at radius 2 is 1.89 bits per heavy atom. The van der Waals surface area contributed by atoms with E-state index in [1.54, 1.807) is 44.2 Å². The first-order chi connectivity index (χ1) is 21.8. The fourth-order valence-electron chi connectivity index (χ4n) is 5.67. The minimum Gasteiger partial charge on any atom is -0.452 e. The number of benzene rings is 2. The lowest BCUT2D eigenvalue weighted by atomic mass is 9.87. The molecule has 1 aromatic rings. The van der Waals surface area contributed by atoms with Gasteiger partial charge in [-0.3, -0.25) is 9.59 Å². The molecule has 46 heavy (non-hydrogen) atoms. The van der Waals surface area contributed by atoms with Gasteiger partial charge in [0.1, 0.15) is 17.3 Å². The van der Waals surface area contributed by atoms with Crippen molar-refractivity contribution in [2.75, 3.05) is 19.5 Å². The lowest BCUT2D eigenvalue weighted by Crippen LogP contribution is -2.37. The summed E-state index contributed by atoms with van der Waals surface area (Å²) in [7, 11) is 2.97. The molecule has 0 saturated heterocycles. The monoisotopic (exact) mass is 697 g/mol. The first-order valence-corrected chi connectivity index (χ1v) is 15.7. The summed E-state index contributed by atoms with van der Waals surface area (Å²) < 4.78 is 23.8. The molecule has 4 N–H and O–H groups in total. The minimum absolute atomic E-state index is 0.0628. The summed E-state index contributed by atoms with van der Waals surface area (Å²) >= 11 is 3.46. The highest BCUT2D eigenvalue weighted by Crippen LogP contribution is 2.33. The molecule has 0 aromatic heterocycles. The molecule has 2 aliphatic heterocycles. The van der Waals surface area contributed by atoms with Gasteiger partial charge in [0.15, 0.2) is 17.4 Å². The number of nitrogens with one attached hydrogen (secondary N) is 1. The molecule has 4 rings (SSSR count). The number of carbonyl (C=O) groups is 2. The number of allylic oxidation sites excluding steroid dienone is 2. The number of nitrogens with two attached hydrogens (primary N) is 1. The van der Waals surface area contributed by atoms with Gasteiger partial charge in [0.05, 0.1) is 17.9 Å². The van der Waals surface area contributed by atoms with Crippen LogP contribution in [0.5, 0.6) is 0 Å². The summed E-state index contributed by atoms with van der Waals surface area (Å²) in [5.41, 5.74) is 7.82. The number of carbonyl (C=O) groups excluding carboxylic acids is 2. The van der Waals surface area contributed by atoms with Gasteiger partial charge >= 0.3 is 6.09 Å². The Balaban J connectivity index is 1.86.